The predicted molar refractivity (Wildman–Crippen MR) is 62.3 cm³/mol. The fourth-order valence-electron chi connectivity index (χ4n) is 0.722. The Morgan fingerprint density at radius 2 is 1.00 bits per heavy atom. The number of hydrogen-bond donors (Lipinski definition) is 0. The minimum Gasteiger partial charge on any atom is -0.234 e. The summed E-state index contributed by atoms with van der Waals surface area (Å²) in [5.41, 5.74) is 0. The van der Waals surface area contributed by atoms with Gasteiger partial charge >= 0.3 is 0 Å². The van der Waals surface area contributed by atoms with Gasteiger partial charge in [-0.25, -0.2) is 9.78 Å². The van der Waals surface area contributed by atoms with Gasteiger partial charge in [-0.1, -0.05) is 39.5 Å². The van der Waals surface area contributed by atoms with E-state index < -0.39 is 0 Å². The van der Waals surface area contributed by atoms with Crippen LogP contribution in [0.15, 0.2) is 0 Å². The van der Waals surface area contributed by atoms with Crippen molar-refractivity contribution >= 4 is 0 Å². The highest BCUT2D eigenvalue weighted by atomic mass is 17.2. The molecule has 0 aromatic carbocycles. The van der Waals surface area contributed by atoms with Crippen LogP contribution in [0, 0.1) is 0 Å². The highest BCUT2D eigenvalue weighted by Gasteiger charge is 1.95. The lowest BCUT2D eigenvalue weighted by molar-refractivity contribution is -0.337. The van der Waals surface area contributed by atoms with Crippen LogP contribution in [0.4, 0.5) is 0 Å². The van der Waals surface area contributed by atoms with E-state index in [0.717, 1.165) is 0 Å². The molecule has 0 amide bonds. The van der Waals surface area contributed by atoms with Gasteiger partial charge in [0.1, 0.15) is 0 Å². The van der Waals surface area contributed by atoms with E-state index in [4.69, 9.17) is 9.78 Å². The monoisotopic (exact) mass is 204 g/mol. The van der Waals surface area contributed by atoms with E-state index in [-0.39, 0.29) is 12.2 Å². The molecule has 0 N–H and O–H groups in total. The van der Waals surface area contributed by atoms with Gasteiger partial charge in [0.2, 0.25) is 0 Å². The van der Waals surface area contributed by atoms with Crippen LogP contribution >= 0.6 is 0 Å². The van der Waals surface area contributed by atoms with Crippen LogP contribution in [-0.4, -0.2) is 12.2 Å². The maximum atomic E-state index is 4.80. The summed E-state index contributed by atoms with van der Waals surface area (Å²) < 4.78 is 0. The lowest BCUT2D eigenvalue weighted by Crippen LogP contribution is -2.08. The molecule has 0 atom stereocenters. The summed E-state index contributed by atoms with van der Waals surface area (Å²) in [5.74, 6) is 0. The number of hydrogen-bond acceptors (Lipinski definition) is 2. The Bertz CT molecular complexity index is 78.3. The van der Waals surface area contributed by atoms with E-state index >= 15 is 0 Å². The first-order chi connectivity index (χ1) is 6.54. The molecule has 0 fully saturated rings. The summed E-state index contributed by atoms with van der Waals surface area (Å²) in [4.78, 5) is 9.61. The Labute approximate surface area is 89.9 Å². The van der Waals surface area contributed by atoms with Gasteiger partial charge in [0.15, 0.2) is 0 Å². The SMILES string of the molecule is CC(C)OOC(C)C.CCCCCC. The molecule has 0 bridgehead atoms. The van der Waals surface area contributed by atoms with Crippen molar-refractivity contribution in [2.45, 2.75) is 79.4 Å². The maximum absolute atomic E-state index is 4.80. The second-order valence-corrected chi connectivity index (χ2v) is 4.00. The minimum absolute atomic E-state index is 0.164. The summed E-state index contributed by atoms with van der Waals surface area (Å²) in [6.45, 7) is 12.2. The third-order valence-electron chi connectivity index (χ3n) is 1.40. The molecular formula is C12H28O2. The van der Waals surface area contributed by atoms with Crippen molar-refractivity contribution in [2.75, 3.05) is 0 Å². The summed E-state index contributed by atoms with van der Waals surface area (Å²) in [5, 5.41) is 0. The van der Waals surface area contributed by atoms with Gasteiger partial charge in [-0.3, -0.25) is 0 Å². The lowest BCUT2D eigenvalue weighted by Gasteiger charge is -2.08. The standard InChI is InChI=1S/C6H14O2.C6H14/c1-5(2)7-8-6(3)4;1-3-5-6-4-2/h5-6H,1-4H3;3-6H2,1-2H3. The van der Waals surface area contributed by atoms with Crippen molar-refractivity contribution in [3.05, 3.63) is 0 Å². The Morgan fingerprint density at radius 3 is 1.14 bits per heavy atom. The van der Waals surface area contributed by atoms with Gasteiger partial charge in [-0.05, 0) is 27.7 Å². The Hall–Kier alpha value is -0.0800. The molecule has 0 unspecified atom stereocenters. The second kappa shape index (κ2) is 12.9. The minimum atomic E-state index is 0.164. The first-order valence-corrected chi connectivity index (χ1v) is 5.86. The summed E-state index contributed by atoms with van der Waals surface area (Å²) in [6.07, 6.45) is 5.86. The molecule has 0 aliphatic carbocycles. The van der Waals surface area contributed by atoms with Crippen molar-refractivity contribution in [1.82, 2.24) is 0 Å². The van der Waals surface area contributed by atoms with Crippen LogP contribution in [0.3, 0.4) is 0 Å². The third kappa shape index (κ3) is 22.7. The van der Waals surface area contributed by atoms with Crippen molar-refractivity contribution < 1.29 is 9.78 Å². The molecule has 14 heavy (non-hydrogen) atoms. The van der Waals surface area contributed by atoms with Crippen LogP contribution in [0.25, 0.3) is 0 Å². The van der Waals surface area contributed by atoms with E-state index in [0.29, 0.717) is 0 Å². The lowest BCUT2D eigenvalue weighted by atomic mass is 10.2. The van der Waals surface area contributed by atoms with Gasteiger partial charge in [0.05, 0.1) is 12.2 Å². The molecule has 2 nitrogen and oxygen atoms in total. The van der Waals surface area contributed by atoms with E-state index in [9.17, 15) is 0 Å². The van der Waals surface area contributed by atoms with Crippen molar-refractivity contribution in [3.8, 4) is 0 Å². The Kier molecular flexibility index (Phi) is 15.1. The van der Waals surface area contributed by atoms with Gasteiger partial charge in [0, 0.05) is 0 Å². The van der Waals surface area contributed by atoms with Gasteiger partial charge in [-0.2, -0.15) is 0 Å². The number of rotatable bonds is 6. The van der Waals surface area contributed by atoms with Crippen LogP contribution in [0.2, 0.25) is 0 Å². The average molecular weight is 204 g/mol. The van der Waals surface area contributed by atoms with Crippen molar-refractivity contribution in [1.29, 1.82) is 0 Å². The molecule has 0 aliphatic rings. The van der Waals surface area contributed by atoms with Crippen LogP contribution in [0.5, 0.6) is 0 Å². The molecule has 0 rings (SSSR count). The molecular weight excluding hydrogens is 176 g/mol. The quantitative estimate of drug-likeness (QED) is 0.364. The average Bonchev–Trinajstić information content (AvgIpc) is 2.12. The molecule has 0 saturated heterocycles. The van der Waals surface area contributed by atoms with Crippen molar-refractivity contribution in [3.63, 3.8) is 0 Å². The van der Waals surface area contributed by atoms with E-state index in [1.807, 2.05) is 27.7 Å². The molecule has 0 spiro atoms. The van der Waals surface area contributed by atoms with Crippen LogP contribution < -0.4 is 0 Å². The Balaban J connectivity index is 0. The smallest absolute Gasteiger partial charge is 0.0874 e. The highest BCUT2D eigenvalue weighted by molar-refractivity contribution is 4.31. The zero-order valence-electron chi connectivity index (χ0n) is 10.8. The molecule has 88 valence electrons. The maximum Gasteiger partial charge on any atom is 0.0874 e. The zero-order chi connectivity index (χ0) is 11.4. The topological polar surface area (TPSA) is 18.5 Å². The summed E-state index contributed by atoms with van der Waals surface area (Å²) >= 11 is 0. The van der Waals surface area contributed by atoms with Crippen molar-refractivity contribution in [2.24, 2.45) is 0 Å². The first kappa shape index (κ1) is 16.4. The Morgan fingerprint density at radius 1 is 0.714 bits per heavy atom. The first-order valence-electron chi connectivity index (χ1n) is 5.86. The van der Waals surface area contributed by atoms with Gasteiger partial charge in [-0.15, -0.1) is 0 Å². The normalized spacial score (nSPS) is 10.3. The summed E-state index contributed by atoms with van der Waals surface area (Å²) in [7, 11) is 0. The van der Waals surface area contributed by atoms with Crippen LogP contribution in [0.1, 0.15) is 67.2 Å². The fourth-order valence-corrected chi connectivity index (χ4v) is 0.722. The number of unbranched alkanes of at least 4 members (excludes halogenated alkanes) is 3. The van der Waals surface area contributed by atoms with E-state index in [2.05, 4.69) is 13.8 Å². The predicted octanol–water partition coefficient (Wildman–Crippen LogP) is 4.34. The van der Waals surface area contributed by atoms with Gasteiger partial charge in [0.25, 0.3) is 0 Å². The third-order valence-corrected chi connectivity index (χ3v) is 1.40. The van der Waals surface area contributed by atoms with Gasteiger partial charge < -0.3 is 0 Å². The largest absolute Gasteiger partial charge is 0.234 e. The fraction of sp³-hybridized carbons (Fsp3) is 1.00. The van der Waals surface area contributed by atoms with Crippen LogP contribution in [-0.2, 0) is 9.78 Å². The van der Waals surface area contributed by atoms with E-state index in [1.54, 1.807) is 0 Å². The molecule has 0 saturated carbocycles. The second-order valence-electron chi connectivity index (χ2n) is 4.00. The molecule has 0 heterocycles. The van der Waals surface area contributed by atoms with E-state index in [1.165, 1.54) is 25.7 Å². The summed E-state index contributed by atoms with van der Waals surface area (Å²) in [6, 6.07) is 0. The highest BCUT2D eigenvalue weighted by Crippen LogP contribution is 1.95. The molecule has 0 aliphatic heterocycles. The molecule has 0 aromatic heterocycles. The molecule has 0 radical (unpaired) electrons. The molecule has 0 aromatic rings. The molecule has 2 heteroatoms. The zero-order valence-corrected chi connectivity index (χ0v) is 10.8.